The van der Waals surface area contributed by atoms with Crippen LogP contribution in [0, 0.1) is 76.8 Å². The number of hydrogen-bond acceptors (Lipinski definition) is 26. The predicted octanol–water partition coefficient (Wildman–Crippen LogP) is 10.5. The van der Waals surface area contributed by atoms with Crippen LogP contribution in [0.5, 0.6) is 46.0 Å². The molecule has 22 rings (SSSR count). The van der Waals surface area contributed by atoms with Gasteiger partial charge in [-0.3, -0.25) is 30.2 Å². The number of ether oxygens (including phenoxy) is 8. The Hall–Kier alpha value is -8.41. The molecular weight excluding hydrogens is 1540 g/mol. The third-order valence-corrected chi connectivity index (χ3v) is 28.8. The number of piperazine rings is 2. The Morgan fingerprint density at radius 1 is 0.600 bits per heavy atom. The summed E-state index contributed by atoms with van der Waals surface area (Å²) in [6, 6.07) is 15.9. The summed E-state index contributed by atoms with van der Waals surface area (Å²) >= 11 is 3.35. The molecule has 0 aliphatic carbocycles. The summed E-state index contributed by atoms with van der Waals surface area (Å²) in [6.07, 6.45) is 1.67. The molecule has 0 amide bonds. The number of benzene rings is 6. The van der Waals surface area contributed by atoms with Crippen LogP contribution in [0.1, 0.15) is 146 Å². The van der Waals surface area contributed by atoms with Crippen molar-refractivity contribution in [1.29, 1.82) is 5.26 Å². The number of aromatic hydroxyl groups is 2. The number of phenols is 2. The van der Waals surface area contributed by atoms with E-state index in [2.05, 4.69) is 109 Å². The van der Waals surface area contributed by atoms with Crippen molar-refractivity contribution in [2.24, 2.45) is 0 Å². The summed E-state index contributed by atoms with van der Waals surface area (Å²) in [6.45, 7) is 17.8. The van der Waals surface area contributed by atoms with E-state index in [1.54, 1.807) is 37.7 Å². The first-order valence-corrected chi connectivity index (χ1v) is 39.1. The zero-order valence-electron chi connectivity index (χ0n) is 62.8. The number of thioether (sulfide) groups is 2. The number of likely N-dealkylation sites (N-methyl/N-ethyl adjacent to an activating group) is 2. The van der Waals surface area contributed by atoms with Crippen LogP contribution in [0.2, 0.25) is 0 Å². The van der Waals surface area contributed by atoms with E-state index in [-0.39, 0.29) is 107 Å². The molecule has 16 heterocycles. The van der Waals surface area contributed by atoms with E-state index in [0.717, 1.165) is 135 Å². The molecule has 2 spiro atoms. The Morgan fingerprint density at radius 2 is 1.02 bits per heavy atom. The van der Waals surface area contributed by atoms with Crippen molar-refractivity contribution in [1.82, 2.24) is 30.2 Å². The minimum atomic E-state index is -1.50. The molecule has 8 aromatic rings. The average Bonchev–Trinajstić information content (AvgIpc) is 0.828. The molecule has 4 fully saturated rings. The number of carbonyl (C=O) groups is 2. The molecule has 14 atom stereocenters. The predicted molar refractivity (Wildman–Crippen MR) is 401 cm³/mol. The van der Waals surface area contributed by atoms with E-state index in [4.69, 9.17) is 62.1 Å². The summed E-state index contributed by atoms with van der Waals surface area (Å²) < 4.78 is 62.5. The monoisotopic (exact) mass is 1630 g/mol. The molecule has 110 heavy (non-hydrogen) atoms. The van der Waals surface area contributed by atoms with E-state index in [1.165, 1.54) is 0 Å². The first kappa shape index (κ1) is 74.3. The second-order valence-electron chi connectivity index (χ2n) is 31.1. The number of nitriles is 1. The zero-order valence-corrected chi connectivity index (χ0v) is 66.0. The fourth-order valence-corrected chi connectivity index (χ4v) is 24.4. The molecule has 0 unspecified atom stereocenters. The van der Waals surface area contributed by atoms with Crippen LogP contribution in [0.4, 0.5) is 0 Å². The Bertz CT molecular complexity index is 5290. The summed E-state index contributed by atoms with van der Waals surface area (Å²) in [5.41, 5.74) is 17.0. The summed E-state index contributed by atoms with van der Waals surface area (Å²) in [5.74, 6) is 5.00. The van der Waals surface area contributed by atoms with Gasteiger partial charge in [-0.15, -0.1) is 33.6 Å². The number of esters is 2. The van der Waals surface area contributed by atoms with E-state index in [0.29, 0.717) is 83.5 Å². The van der Waals surface area contributed by atoms with E-state index >= 15 is 0 Å². The molecule has 581 valence electrons. The van der Waals surface area contributed by atoms with Gasteiger partial charge in [0.05, 0.1) is 50.5 Å². The van der Waals surface area contributed by atoms with Crippen LogP contribution in [0.25, 0.3) is 21.9 Å². The number of carbonyl (C=O) groups excluding carboxylic acids is 2. The molecule has 29 heteroatoms. The third kappa shape index (κ3) is 10.5. The second kappa shape index (κ2) is 27.2. The molecule has 0 saturated carbocycles. The van der Waals surface area contributed by atoms with Crippen molar-refractivity contribution in [3.63, 3.8) is 0 Å². The molecule has 4 saturated heterocycles. The van der Waals surface area contributed by atoms with Crippen LogP contribution in [0.15, 0.2) is 57.4 Å². The van der Waals surface area contributed by atoms with Crippen molar-refractivity contribution < 1.29 is 104 Å². The maximum atomic E-state index is 14.8. The molecule has 1 radical (unpaired) electrons. The number of nitrogens with zero attached hydrogens (tertiary/aromatic N) is 6. The summed E-state index contributed by atoms with van der Waals surface area (Å²) in [4.78, 5) is 46.8. The molecule has 2 aromatic heterocycles. The van der Waals surface area contributed by atoms with Gasteiger partial charge >= 0.3 is 11.9 Å². The number of aliphatic hydroxyl groups excluding tert-OH is 1. The maximum Gasteiger partial charge on any atom is 0.335 e. The Balaban J connectivity index is 0.000000152. The molecule has 26 nitrogen and oxygen atoms in total. The molecule has 14 aliphatic rings. The Kier molecular flexibility index (Phi) is 18.4. The third-order valence-electron chi connectivity index (χ3n) is 25.9. The molecule has 8 bridgehead atoms. The van der Waals surface area contributed by atoms with Crippen LogP contribution in [-0.2, 0) is 78.2 Å². The van der Waals surface area contributed by atoms with Gasteiger partial charge < -0.3 is 67.3 Å². The smallest absolute Gasteiger partial charge is 0.335 e. The molecule has 6 N–H and O–H groups in total. The number of nitrogens with one attached hydrogen (secondary N) is 2. The van der Waals surface area contributed by atoms with Gasteiger partial charge in [-0.05, 0) is 175 Å². The number of aryl methyl sites for hydroxylation is 4. The first-order chi connectivity index (χ1) is 52.4. The number of fused-ring (bicyclic) bond motifs is 22. The van der Waals surface area contributed by atoms with Crippen molar-refractivity contribution in [3.05, 3.63) is 170 Å². The van der Waals surface area contributed by atoms with Gasteiger partial charge in [-0.1, -0.05) is 35.4 Å². The number of hydrogen-bond donors (Lipinski definition) is 6. The molecular formula is C81H86AgN8O18S2. The largest absolute Gasteiger partial charge is 0.504 e. The van der Waals surface area contributed by atoms with Crippen molar-refractivity contribution in [2.75, 3.05) is 79.7 Å². The van der Waals surface area contributed by atoms with Gasteiger partial charge in [0.1, 0.15) is 48.2 Å². The van der Waals surface area contributed by atoms with E-state index in [9.17, 15) is 30.2 Å². The van der Waals surface area contributed by atoms with Gasteiger partial charge in [-0.2, -0.15) is 5.26 Å². The number of furan rings is 2. The fraction of sp³-hybridized carbons (Fsp3) is 0.469. The van der Waals surface area contributed by atoms with Gasteiger partial charge in [0.25, 0.3) is 5.09 Å². The van der Waals surface area contributed by atoms with Crippen LogP contribution in [-0.4, -0.2) is 173 Å². The molecule has 6 aromatic carbocycles. The topological polar surface area (TPSA) is 319 Å². The van der Waals surface area contributed by atoms with Gasteiger partial charge in [0, 0.05) is 120 Å². The maximum absolute atomic E-state index is 14.8. The Morgan fingerprint density at radius 3 is 1.46 bits per heavy atom. The van der Waals surface area contributed by atoms with Crippen LogP contribution in [0.3, 0.4) is 0 Å². The SMILES string of the molecule is COc1c(C)cc2c(c1O)[C@@H]1[C@@H]3[C@@H]4SC[C@]5(NCCc6c5oc5ccc(C)cc65)C(=O)OC[C@@H](c5c6c(c(C)c(C)c54)OCO6)N3[C@@H](C#N)[C@H](C2)N1C.COc1c(C)cc2c(c1O)[C@@H]1[C@@H]3[C@@H]4SC[C@]5(NCCc6c5oc5ccc(C)cc65)C(=O)OC[C@@H](c5c6c(c(C)c(C)c54)OCO6)N3[C@@H](O)[C@H](C2)N1C.O=[N+]([O-])O.[Ag]. The quantitative estimate of drug-likeness (QED) is 0.0405. The van der Waals surface area contributed by atoms with E-state index < -0.39 is 52.5 Å². The normalized spacial score (nSPS) is 29.1. The van der Waals surface area contributed by atoms with Gasteiger partial charge in [0.15, 0.2) is 57.1 Å². The Labute approximate surface area is 658 Å². The minimum Gasteiger partial charge on any atom is -0.504 e. The molecule has 14 aliphatic heterocycles. The number of methoxy groups -OCH3 is 2. The minimum absolute atomic E-state index is 0. The number of phenolic OH excluding ortho intramolecular Hbond substituents is 2. The van der Waals surface area contributed by atoms with Crippen molar-refractivity contribution in [2.45, 2.75) is 163 Å². The van der Waals surface area contributed by atoms with Crippen LogP contribution < -0.4 is 39.1 Å². The van der Waals surface area contributed by atoms with Gasteiger partial charge in [0.2, 0.25) is 13.6 Å². The van der Waals surface area contributed by atoms with Crippen molar-refractivity contribution in [3.8, 4) is 52.1 Å². The van der Waals surface area contributed by atoms with E-state index in [1.807, 2.05) is 45.2 Å². The average molecular weight is 1630 g/mol. The van der Waals surface area contributed by atoms with Gasteiger partial charge in [-0.25, -0.2) is 9.59 Å². The number of aliphatic hydroxyl groups is 1. The van der Waals surface area contributed by atoms with Crippen LogP contribution >= 0.6 is 23.5 Å². The zero-order chi connectivity index (χ0) is 76.2. The first-order valence-electron chi connectivity index (χ1n) is 37.0. The van der Waals surface area contributed by atoms with Crippen molar-refractivity contribution >= 4 is 57.4 Å². The standard InChI is InChI=1S/C41H42N4O7S.C40H43N3O8S.Ag.HNO3/c1-18-7-8-28-24(11-18)23-9-10-43-41(39(23)52-28)16-53-38-29-20(3)21(4)36-37(51-17-50-36)31(29)27(15-49-40(41)47)45-26(14-42)25-13-22-12-19(2)35(48-6)34(46)30(22)32(33(38)45)44(25)5;1-17-7-8-26-23(11-17)22-9-10-41-40(37(22)51-26)15-52-36-27-19(3)20(4)34-35(50-16-49-34)29(27)25(14-48-39(40)46)43-31(36)30-28-21(13-24(38(43)45)42(30)5)12-18(2)33(47-6)32(28)44;;2-1(3)4/h7-8,11-12,25-27,32-33,38,43,46H,9-10,13,15-17H2,1-6H3;7-8,11-12,24-25,30-31,36,38,41,44-45H,9-10,13-16H2,1-6H3;;(H,2,3,4)/t25-,26-,27-,32+,33+,38+,41+;24-,25-,30+,31+,36+,38-,40+;;/m00../s1. The summed E-state index contributed by atoms with van der Waals surface area (Å²) in [5, 5.41) is 70.0. The second-order valence-corrected chi connectivity index (χ2v) is 33.4. The summed E-state index contributed by atoms with van der Waals surface area (Å²) in [7, 11) is 7.31. The fourth-order valence-electron chi connectivity index (χ4n) is 20.9. The number of rotatable bonds is 2.